The van der Waals surface area contributed by atoms with Crippen LogP contribution in [0.1, 0.15) is 175 Å². The number of hydrogen-bond donors (Lipinski definition) is 14. The molecule has 23 nitrogen and oxygen atoms in total. The van der Waals surface area contributed by atoms with E-state index in [-0.39, 0.29) is 12.3 Å². The lowest BCUT2D eigenvalue weighted by Crippen LogP contribution is -2.70. The molecular weight excluding hydrogens is 1040 g/mol. The Morgan fingerprint density at radius 2 is 1.19 bits per heavy atom. The van der Waals surface area contributed by atoms with E-state index in [0.717, 1.165) is 51.9 Å². The molecule has 0 aromatic heterocycles. The van der Waals surface area contributed by atoms with Gasteiger partial charge in [0, 0.05) is 19.8 Å². The van der Waals surface area contributed by atoms with Gasteiger partial charge in [0.05, 0.1) is 50.7 Å². The van der Waals surface area contributed by atoms with Gasteiger partial charge in [0.25, 0.3) is 5.79 Å². The van der Waals surface area contributed by atoms with Crippen molar-refractivity contribution in [3.8, 4) is 0 Å². The van der Waals surface area contributed by atoms with Crippen molar-refractivity contribution in [2.24, 2.45) is 0 Å². The van der Waals surface area contributed by atoms with Crippen LogP contribution in [-0.4, -0.2) is 215 Å². The minimum Gasteiger partial charge on any atom is -0.477 e. The van der Waals surface area contributed by atoms with Crippen LogP contribution in [0.25, 0.3) is 0 Å². The first-order chi connectivity index (χ1) is 37.9. The minimum absolute atomic E-state index is 0.179. The van der Waals surface area contributed by atoms with Gasteiger partial charge < -0.3 is 100 Å². The first kappa shape index (κ1) is 70.5. The summed E-state index contributed by atoms with van der Waals surface area (Å²) >= 11 is 0. The quantitative estimate of drug-likeness (QED) is 0.0306. The molecule has 14 N–H and O–H groups in total. The molecule has 3 aliphatic heterocycles. The normalized spacial score (nSPS) is 31.0. The van der Waals surface area contributed by atoms with Gasteiger partial charge in [-0.1, -0.05) is 134 Å². The Bertz CT molecular complexity index is 1730. The Morgan fingerprint density at radius 3 is 1.72 bits per heavy atom. The van der Waals surface area contributed by atoms with Crippen LogP contribution in [0.4, 0.5) is 0 Å². The Balaban J connectivity index is 1.70. The van der Waals surface area contributed by atoms with Crippen LogP contribution in [-0.2, 0) is 42.8 Å². The zero-order chi connectivity index (χ0) is 58.3. The van der Waals surface area contributed by atoms with E-state index >= 15 is 0 Å². The van der Waals surface area contributed by atoms with Crippen LogP contribution in [0.3, 0.4) is 0 Å². The molecule has 0 spiro atoms. The predicted molar refractivity (Wildman–Crippen MR) is 288 cm³/mol. The number of aliphatic hydroxyl groups excluding tert-OH is 11. The molecule has 3 aliphatic rings. The summed E-state index contributed by atoms with van der Waals surface area (Å²) in [4.78, 5) is 38.3. The van der Waals surface area contributed by atoms with Crippen molar-refractivity contribution in [2.75, 3.05) is 26.4 Å². The van der Waals surface area contributed by atoms with E-state index in [0.29, 0.717) is 12.8 Å². The molecule has 0 aliphatic carbocycles. The van der Waals surface area contributed by atoms with Crippen LogP contribution in [0.5, 0.6) is 0 Å². The number of amides is 2. The number of allylic oxidation sites excluding steroid dienone is 3. The lowest BCUT2D eigenvalue weighted by atomic mass is 9.88. The van der Waals surface area contributed by atoms with Gasteiger partial charge in [-0.3, -0.25) is 9.59 Å². The summed E-state index contributed by atoms with van der Waals surface area (Å²) in [6, 6.07) is -2.62. The number of aliphatic hydroxyl groups is 11. The maximum atomic E-state index is 13.3. The number of carboxylic acid groups (broad SMARTS) is 1. The minimum atomic E-state index is -3.08. The van der Waals surface area contributed by atoms with Crippen molar-refractivity contribution in [1.82, 2.24) is 10.6 Å². The third-order valence-corrected chi connectivity index (χ3v) is 14.9. The summed E-state index contributed by atoms with van der Waals surface area (Å²) in [6.07, 6.45) is 2.64. The highest BCUT2D eigenvalue weighted by Gasteiger charge is 2.60. The third kappa shape index (κ3) is 23.8. The summed E-state index contributed by atoms with van der Waals surface area (Å²) < 4.78 is 34.6. The van der Waals surface area contributed by atoms with Crippen LogP contribution in [0.15, 0.2) is 24.3 Å². The van der Waals surface area contributed by atoms with Crippen LogP contribution in [0, 0.1) is 0 Å². The second kappa shape index (κ2) is 38.9. The Hall–Kier alpha value is -2.79. The predicted octanol–water partition coefficient (Wildman–Crippen LogP) is 1.77. The van der Waals surface area contributed by atoms with Gasteiger partial charge in [0.2, 0.25) is 11.8 Å². The van der Waals surface area contributed by atoms with Gasteiger partial charge in [-0.05, 0) is 44.9 Å². The van der Waals surface area contributed by atoms with Crippen molar-refractivity contribution in [3.63, 3.8) is 0 Å². The number of carboxylic acids is 1. The first-order valence-electron chi connectivity index (χ1n) is 29.2. The van der Waals surface area contributed by atoms with Crippen molar-refractivity contribution >= 4 is 17.8 Å². The van der Waals surface area contributed by atoms with Gasteiger partial charge in [-0.25, -0.2) is 4.79 Å². The summed E-state index contributed by atoms with van der Waals surface area (Å²) in [5.74, 6) is -6.17. The van der Waals surface area contributed by atoms with Gasteiger partial charge in [0.15, 0.2) is 12.6 Å². The Labute approximate surface area is 466 Å². The maximum absolute atomic E-state index is 13.3. The Kier molecular flexibility index (Phi) is 34.7. The lowest BCUT2D eigenvalue weighted by molar-refractivity contribution is -0.386. The first-order valence-corrected chi connectivity index (χ1v) is 29.2. The number of hydrogen-bond acceptors (Lipinski definition) is 20. The fourth-order valence-electron chi connectivity index (χ4n) is 10.1. The van der Waals surface area contributed by atoms with Gasteiger partial charge >= 0.3 is 5.97 Å². The molecule has 0 aromatic rings. The summed E-state index contributed by atoms with van der Waals surface area (Å²) in [5.41, 5.74) is 0. The molecule has 18 atom stereocenters. The lowest BCUT2D eigenvalue weighted by Gasteiger charge is -2.50. The highest BCUT2D eigenvalue weighted by atomic mass is 16.8. The molecule has 0 aromatic carbocycles. The van der Waals surface area contributed by atoms with Crippen LogP contribution in [0.2, 0.25) is 0 Å². The smallest absolute Gasteiger partial charge is 0.364 e. The van der Waals surface area contributed by atoms with Gasteiger partial charge in [-0.2, -0.15) is 0 Å². The summed E-state index contributed by atoms with van der Waals surface area (Å²) in [7, 11) is 0. The van der Waals surface area contributed by atoms with Crippen molar-refractivity contribution < 1.29 is 104 Å². The number of carbonyl (C=O) groups is 3. The van der Waals surface area contributed by atoms with Crippen molar-refractivity contribution in [1.29, 1.82) is 0 Å². The Morgan fingerprint density at radius 1 is 0.658 bits per heavy atom. The fraction of sp³-hybridized carbons (Fsp3) is 0.875. The van der Waals surface area contributed by atoms with E-state index in [9.17, 15) is 75.7 Å². The molecule has 3 rings (SSSR count). The number of unbranched alkanes of at least 4 members (excludes halogenated alkanes) is 19. The summed E-state index contributed by atoms with van der Waals surface area (Å²) in [6.45, 7) is 2.04. The van der Waals surface area contributed by atoms with Gasteiger partial charge in [-0.15, -0.1) is 0 Å². The van der Waals surface area contributed by atoms with Crippen molar-refractivity contribution in [2.45, 2.75) is 285 Å². The molecule has 460 valence electrons. The number of aliphatic carboxylic acids is 1. The highest BCUT2D eigenvalue weighted by Crippen LogP contribution is 2.38. The van der Waals surface area contributed by atoms with E-state index in [4.69, 9.17) is 28.4 Å². The largest absolute Gasteiger partial charge is 0.477 e. The fourth-order valence-corrected chi connectivity index (χ4v) is 10.1. The maximum Gasteiger partial charge on any atom is 0.364 e. The summed E-state index contributed by atoms with van der Waals surface area (Å²) in [5, 5.41) is 135. The molecule has 0 saturated carbocycles. The van der Waals surface area contributed by atoms with E-state index < -0.39 is 155 Å². The van der Waals surface area contributed by atoms with Crippen LogP contribution >= 0.6 is 0 Å². The molecule has 2 amide bonds. The van der Waals surface area contributed by atoms with E-state index in [2.05, 4.69) is 36.6 Å². The topological polar surface area (TPSA) is 373 Å². The number of carbonyl (C=O) groups excluding carboxylic acids is 2. The third-order valence-electron chi connectivity index (χ3n) is 14.9. The zero-order valence-corrected chi connectivity index (χ0v) is 47.0. The second-order valence-corrected chi connectivity index (χ2v) is 21.5. The molecule has 3 saturated heterocycles. The van der Waals surface area contributed by atoms with E-state index in [1.54, 1.807) is 6.08 Å². The molecule has 0 bridgehead atoms. The average molecular weight is 1140 g/mol. The number of ether oxygens (including phenoxy) is 6. The monoisotopic (exact) mass is 1140 g/mol. The number of rotatable bonds is 41. The molecular formula is C56H100N2O21. The highest BCUT2D eigenvalue weighted by molar-refractivity contribution is 5.77. The van der Waals surface area contributed by atoms with Gasteiger partial charge in [0.1, 0.15) is 67.1 Å². The molecule has 0 radical (unpaired) electrons. The zero-order valence-electron chi connectivity index (χ0n) is 47.0. The molecule has 3 heterocycles. The van der Waals surface area contributed by atoms with Crippen LogP contribution < -0.4 is 10.6 Å². The van der Waals surface area contributed by atoms with Crippen molar-refractivity contribution in [3.05, 3.63) is 24.3 Å². The molecule has 3 fully saturated rings. The number of nitrogens with one attached hydrogen (secondary N) is 2. The molecule has 18 unspecified atom stereocenters. The standard InChI is InChI=1S/C56H100N2O21/c1-4-6-8-10-12-14-16-18-20-22-24-26-28-30-43(66)58-37(38(63)29-27-25-23-21-19-17-15-13-11-9-7-5-2)35-74-53-48(70)47(69)50(42(34-61)76-53)77-54-49(71)52(46(68)41(33-60)75-54)79-56(55(72)73)31-39(64)44(57-36(3)62)51(78-56)45(67)40(65)32-59/h18,20,27,29,37-42,44-54,59-61,63-65,67-71H,4-17,19,21-26,28,30-35H2,1-3H3,(H,57,62)(H,58,66)(H,72,73)/b20-18-,29-27+. The van der Waals surface area contributed by atoms with E-state index in [1.807, 2.05) is 6.08 Å². The molecule has 79 heavy (non-hydrogen) atoms. The second-order valence-electron chi connectivity index (χ2n) is 21.5. The molecule has 23 heteroatoms. The average Bonchev–Trinajstić information content (AvgIpc) is 3.50. The SMILES string of the molecule is CCCCCCCC/C=C\CCCCCC(=O)NC(COC1OC(CO)C(OC2OC(CO)C(O)C(OC3(C(=O)O)CC(O)C(NC(C)=O)C(C(O)C(O)CO)O3)C2O)C(O)C1O)C(O)/C=C/CCCCCCCCCCCC. The van der Waals surface area contributed by atoms with E-state index in [1.165, 1.54) is 83.5 Å².